The second-order valence-corrected chi connectivity index (χ2v) is 7.93. The summed E-state index contributed by atoms with van der Waals surface area (Å²) in [5.74, 6) is -2.27. The van der Waals surface area contributed by atoms with Crippen molar-refractivity contribution in [1.29, 1.82) is 0 Å². The summed E-state index contributed by atoms with van der Waals surface area (Å²) >= 11 is 0. The molecule has 1 spiro atoms. The first-order chi connectivity index (χ1) is 14.5. The molecule has 2 aliphatic heterocycles. The molecule has 1 fully saturated rings. The molecule has 0 unspecified atom stereocenters. The minimum Gasteiger partial charge on any atom is -0.388 e. The monoisotopic (exact) mass is 438 g/mol. The first kappa shape index (κ1) is 21.9. The highest BCUT2D eigenvalue weighted by Gasteiger charge is 2.57. The topological polar surface area (TPSA) is 96.2 Å². The Balaban J connectivity index is 1.74. The third kappa shape index (κ3) is 3.46. The van der Waals surface area contributed by atoms with Crippen LogP contribution in [0, 0.1) is 6.92 Å². The minimum atomic E-state index is -4.51. The molecule has 1 saturated heterocycles. The van der Waals surface area contributed by atoms with E-state index in [1.807, 2.05) is 0 Å². The molecule has 2 aliphatic rings. The fourth-order valence-electron chi connectivity index (χ4n) is 4.13. The van der Waals surface area contributed by atoms with Gasteiger partial charge in [0, 0.05) is 16.7 Å². The number of carbonyl (C=O) groups excluding carboxylic acids is 1. The molecule has 0 aliphatic carbocycles. The number of aryl methyl sites for hydroxylation is 1. The standard InChI is InChI=1S/C22H21F3O6/c1-10-7-13-9-30-21(20(29)19(28)17(26)11(2)31-21)16(13)8-15(10)18(27)12-3-5-14(6-4-12)22(23,24)25/h3-8,11,17,19-20,26,28-29H,9H2,1-2H3/t11-,17-,19+,20-,21+/m1/s1. The Morgan fingerprint density at radius 1 is 1.10 bits per heavy atom. The van der Waals surface area contributed by atoms with Crippen LogP contribution in [0.2, 0.25) is 0 Å². The number of alkyl halides is 3. The van der Waals surface area contributed by atoms with Gasteiger partial charge in [-0.1, -0.05) is 18.2 Å². The van der Waals surface area contributed by atoms with Crippen LogP contribution in [0.3, 0.4) is 0 Å². The van der Waals surface area contributed by atoms with Gasteiger partial charge in [-0.15, -0.1) is 0 Å². The van der Waals surface area contributed by atoms with Crippen molar-refractivity contribution < 1.29 is 42.8 Å². The number of benzene rings is 2. The highest BCUT2D eigenvalue weighted by molar-refractivity contribution is 6.10. The number of rotatable bonds is 2. The normalized spacial score (nSPS) is 30.5. The fourth-order valence-corrected chi connectivity index (χ4v) is 4.13. The van der Waals surface area contributed by atoms with Gasteiger partial charge >= 0.3 is 6.18 Å². The van der Waals surface area contributed by atoms with E-state index in [9.17, 15) is 33.3 Å². The van der Waals surface area contributed by atoms with E-state index >= 15 is 0 Å². The molecule has 2 aromatic carbocycles. The number of hydrogen-bond donors (Lipinski definition) is 3. The molecule has 0 aromatic heterocycles. The lowest BCUT2D eigenvalue weighted by Gasteiger charge is -2.45. The molecular weight excluding hydrogens is 417 g/mol. The van der Waals surface area contributed by atoms with Crippen LogP contribution in [0.15, 0.2) is 36.4 Å². The zero-order valence-corrected chi connectivity index (χ0v) is 16.7. The van der Waals surface area contributed by atoms with Gasteiger partial charge in [0.2, 0.25) is 5.79 Å². The predicted molar refractivity (Wildman–Crippen MR) is 101 cm³/mol. The van der Waals surface area contributed by atoms with Crippen LogP contribution in [-0.2, 0) is 28.0 Å². The predicted octanol–water partition coefficient (Wildman–Crippen LogP) is 2.43. The van der Waals surface area contributed by atoms with E-state index in [1.54, 1.807) is 13.0 Å². The SMILES string of the molecule is Cc1cc2c(cc1C(=O)c1ccc(C(F)(F)F)cc1)[C@]1(OC2)O[C@H](C)[C@@H](O)[C@H](O)[C@H]1O. The van der Waals surface area contributed by atoms with Crippen LogP contribution in [0.25, 0.3) is 0 Å². The Morgan fingerprint density at radius 2 is 1.74 bits per heavy atom. The molecule has 166 valence electrons. The quantitative estimate of drug-likeness (QED) is 0.624. The highest BCUT2D eigenvalue weighted by atomic mass is 19.4. The summed E-state index contributed by atoms with van der Waals surface area (Å²) in [6, 6.07) is 7.05. The second-order valence-electron chi connectivity index (χ2n) is 7.93. The maximum absolute atomic E-state index is 13.0. The van der Waals surface area contributed by atoms with Crippen LogP contribution in [0.5, 0.6) is 0 Å². The van der Waals surface area contributed by atoms with Crippen molar-refractivity contribution in [2.24, 2.45) is 0 Å². The maximum atomic E-state index is 13.0. The Morgan fingerprint density at radius 3 is 2.35 bits per heavy atom. The van der Waals surface area contributed by atoms with E-state index in [0.29, 0.717) is 16.7 Å². The Kier molecular flexibility index (Phi) is 5.22. The zero-order chi connectivity index (χ0) is 22.7. The number of aliphatic hydroxyl groups excluding tert-OH is 3. The summed E-state index contributed by atoms with van der Waals surface area (Å²) in [5.41, 5.74) is 0.950. The zero-order valence-electron chi connectivity index (χ0n) is 16.7. The maximum Gasteiger partial charge on any atom is 0.416 e. The van der Waals surface area contributed by atoms with E-state index in [0.717, 1.165) is 24.3 Å². The van der Waals surface area contributed by atoms with E-state index in [1.165, 1.54) is 13.0 Å². The van der Waals surface area contributed by atoms with Crippen molar-refractivity contribution >= 4 is 5.78 Å². The lowest BCUT2D eigenvalue weighted by atomic mass is 9.85. The lowest BCUT2D eigenvalue weighted by molar-refractivity contribution is -0.362. The first-order valence-electron chi connectivity index (χ1n) is 9.67. The molecule has 31 heavy (non-hydrogen) atoms. The molecule has 9 heteroatoms. The fraction of sp³-hybridized carbons (Fsp3) is 0.409. The van der Waals surface area contributed by atoms with E-state index < -0.39 is 47.7 Å². The Hall–Kier alpha value is -2.30. The number of halogens is 3. The number of ether oxygens (including phenoxy) is 2. The van der Waals surface area contributed by atoms with Crippen LogP contribution in [0.4, 0.5) is 13.2 Å². The van der Waals surface area contributed by atoms with Gasteiger partial charge in [0.15, 0.2) is 5.78 Å². The Labute approximate surface area is 175 Å². The summed E-state index contributed by atoms with van der Waals surface area (Å²) in [4.78, 5) is 13.0. The largest absolute Gasteiger partial charge is 0.416 e. The van der Waals surface area contributed by atoms with Crippen molar-refractivity contribution in [1.82, 2.24) is 0 Å². The smallest absolute Gasteiger partial charge is 0.388 e. The molecule has 4 rings (SSSR count). The average Bonchev–Trinajstić information content (AvgIpc) is 3.07. The number of carbonyl (C=O) groups is 1. The van der Waals surface area contributed by atoms with Gasteiger partial charge < -0.3 is 24.8 Å². The van der Waals surface area contributed by atoms with Gasteiger partial charge in [0.05, 0.1) is 18.3 Å². The lowest BCUT2D eigenvalue weighted by Crippen LogP contribution is -2.62. The summed E-state index contributed by atoms with van der Waals surface area (Å²) in [6.07, 6.45) is -9.85. The van der Waals surface area contributed by atoms with Gasteiger partial charge in [0.1, 0.15) is 18.3 Å². The van der Waals surface area contributed by atoms with Crippen molar-refractivity contribution in [3.8, 4) is 0 Å². The molecule has 0 saturated carbocycles. The van der Waals surface area contributed by atoms with Crippen LogP contribution >= 0.6 is 0 Å². The van der Waals surface area contributed by atoms with E-state index in [-0.39, 0.29) is 17.7 Å². The van der Waals surface area contributed by atoms with Crippen molar-refractivity contribution in [2.75, 3.05) is 0 Å². The molecule has 2 heterocycles. The van der Waals surface area contributed by atoms with E-state index in [4.69, 9.17) is 9.47 Å². The number of fused-ring (bicyclic) bond motifs is 2. The third-order valence-electron chi connectivity index (χ3n) is 5.89. The van der Waals surface area contributed by atoms with Crippen LogP contribution in [0.1, 0.15) is 45.1 Å². The Bertz CT molecular complexity index is 1020. The average molecular weight is 438 g/mol. The number of hydrogen-bond acceptors (Lipinski definition) is 6. The number of aliphatic hydroxyl groups is 3. The molecule has 0 radical (unpaired) electrons. The number of ketones is 1. The van der Waals surface area contributed by atoms with Gasteiger partial charge in [-0.3, -0.25) is 4.79 Å². The van der Waals surface area contributed by atoms with Gasteiger partial charge in [-0.05, 0) is 43.2 Å². The summed E-state index contributed by atoms with van der Waals surface area (Å²) in [5, 5.41) is 30.9. The summed E-state index contributed by atoms with van der Waals surface area (Å²) < 4.78 is 49.9. The first-order valence-corrected chi connectivity index (χ1v) is 9.67. The summed E-state index contributed by atoms with van der Waals surface area (Å²) in [7, 11) is 0. The second kappa shape index (κ2) is 7.39. The van der Waals surface area contributed by atoms with Crippen LogP contribution in [-0.4, -0.2) is 45.5 Å². The molecule has 2 aromatic rings. The summed E-state index contributed by atoms with van der Waals surface area (Å²) in [6.45, 7) is 3.25. The third-order valence-corrected chi connectivity index (χ3v) is 5.89. The molecule has 5 atom stereocenters. The van der Waals surface area contributed by atoms with Crippen molar-refractivity contribution in [3.05, 3.63) is 69.8 Å². The molecule has 3 N–H and O–H groups in total. The van der Waals surface area contributed by atoms with Crippen LogP contribution < -0.4 is 0 Å². The minimum absolute atomic E-state index is 0.0531. The van der Waals surface area contributed by atoms with Crippen molar-refractivity contribution in [3.63, 3.8) is 0 Å². The molecule has 6 nitrogen and oxygen atoms in total. The van der Waals surface area contributed by atoms with Gasteiger partial charge in [0.25, 0.3) is 0 Å². The molecular formula is C22H21F3O6. The van der Waals surface area contributed by atoms with Gasteiger partial charge in [-0.25, -0.2) is 0 Å². The van der Waals surface area contributed by atoms with Gasteiger partial charge in [-0.2, -0.15) is 13.2 Å². The van der Waals surface area contributed by atoms with E-state index in [2.05, 4.69) is 0 Å². The molecule has 0 bridgehead atoms. The van der Waals surface area contributed by atoms with Crippen molar-refractivity contribution in [2.45, 2.75) is 56.8 Å². The highest BCUT2D eigenvalue weighted by Crippen LogP contribution is 2.46. The molecule has 0 amide bonds.